The van der Waals surface area contributed by atoms with Crippen molar-refractivity contribution in [3.8, 4) is 0 Å². The van der Waals surface area contributed by atoms with E-state index in [-0.39, 0.29) is 13.0 Å². The second-order valence-corrected chi connectivity index (χ2v) is 21.8. The van der Waals surface area contributed by atoms with Crippen LogP contribution in [0.3, 0.4) is 0 Å². The fraction of sp³-hybridized carbons (Fsp3) is 0.903. The molecule has 0 spiro atoms. The van der Waals surface area contributed by atoms with Crippen molar-refractivity contribution in [2.24, 2.45) is 0 Å². The zero-order valence-electron chi connectivity index (χ0n) is 47.5. The van der Waals surface area contributed by atoms with Crippen LogP contribution >= 0.6 is 0 Å². The summed E-state index contributed by atoms with van der Waals surface area (Å²) in [6.07, 6.45) is 48.0. The van der Waals surface area contributed by atoms with Gasteiger partial charge in [0.05, 0.1) is 25.4 Å². The molecule has 1 fully saturated rings. The molecule has 0 aliphatic carbocycles. The highest BCUT2D eigenvalue weighted by molar-refractivity contribution is 5.80. The van der Waals surface area contributed by atoms with Gasteiger partial charge in [0.1, 0.15) is 24.4 Å². The summed E-state index contributed by atoms with van der Waals surface area (Å²) in [5.41, 5.74) is 0. The van der Waals surface area contributed by atoms with Crippen LogP contribution in [0.5, 0.6) is 0 Å². The molecule has 8 unspecified atom stereocenters. The fourth-order valence-corrected chi connectivity index (χ4v) is 9.88. The molecule has 430 valence electrons. The number of carbonyl (C=O) groups is 2. The molecule has 1 aliphatic rings. The van der Waals surface area contributed by atoms with Crippen molar-refractivity contribution in [2.45, 2.75) is 346 Å². The fourth-order valence-electron chi connectivity index (χ4n) is 9.88. The lowest BCUT2D eigenvalue weighted by atomic mass is 9.99. The Balaban J connectivity index is 2.64. The molecule has 1 amide bonds. The minimum Gasteiger partial charge on any atom is -0.454 e. The number of esters is 1. The number of hydrogen-bond donors (Lipinski definition) is 6. The first-order valence-electron chi connectivity index (χ1n) is 31.1. The molecule has 8 atom stereocenters. The smallest absolute Gasteiger partial charge is 0.306 e. The SMILES string of the molecule is CCCCCCCC/C=C\CCCCCC(=O)OC1C(OCC(NC(=O)C(O)CCCCCCCCCCCCCCCCCCCCCC)C(O)/C=C/CCCCCCCCCCC)OC(CO)C(O)C1O. The largest absolute Gasteiger partial charge is 0.454 e. The number of aliphatic hydroxyl groups is 5. The molecule has 0 aromatic carbocycles. The molecule has 0 radical (unpaired) electrons. The number of rotatable bonds is 53. The average Bonchev–Trinajstić information content (AvgIpc) is 3.39. The first kappa shape index (κ1) is 69.2. The van der Waals surface area contributed by atoms with Gasteiger partial charge in [-0.05, 0) is 51.4 Å². The lowest BCUT2D eigenvalue weighted by Crippen LogP contribution is -2.61. The summed E-state index contributed by atoms with van der Waals surface area (Å²) in [7, 11) is 0. The zero-order chi connectivity index (χ0) is 53.3. The predicted octanol–water partition coefficient (Wildman–Crippen LogP) is 14.5. The number of aliphatic hydroxyl groups excluding tert-OH is 5. The number of allylic oxidation sites excluding steroid dienone is 3. The van der Waals surface area contributed by atoms with E-state index in [0.29, 0.717) is 19.3 Å². The van der Waals surface area contributed by atoms with E-state index in [2.05, 4.69) is 38.2 Å². The molecule has 1 saturated heterocycles. The van der Waals surface area contributed by atoms with Crippen LogP contribution in [-0.2, 0) is 23.8 Å². The Hall–Kier alpha value is -1.86. The van der Waals surface area contributed by atoms with Crippen molar-refractivity contribution < 1.29 is 49.3 Å². The van der Waals surface area contributed by atoms with Gasteiger partial charge >= 0.3 is 5.97 Å². The summed E-state index contributed by atoms with van der Waals surface area (Å²) in [4.78, 5) is 26.5. The maximum absolute atomic E-state index is 13.4. The van der Waals surface area contributed by atoms with Crippen molar-refractivity contribution in [2.75, 3.05) is 13.2 Å². The number of carbonyl (C=O) groups excluding carboxylic acids is 2. The Morgan fingerprint density at radius 2 is 0.904 bits per heavy atom. The first-order valence-corrected chi connectivity index (χ1v) is 31.1. The van der Waals surface area contributed by atoms with E-state index in [1.807, 2.05) is 6.08 Å². The van der Waals surface area contributed by atoms with Crippen LogP contribution in [0, 0.1) is 0 Å². The van der Waals surface area contributed by atoms with Gasteiger partial charge in [0.25, 0.3) is 0 Å². The van der Waals surface area contributed by atoms with Gasteiger partial charge in [-0.3, -0.25) is 9.59 Å². The quantitative estimate of drug-likeness (QED) is 0.0195. The molecule has 1 aliphatic heterocycles. The van der Waals surface area contributed by atoms with Crippen LogP contribution in [-0.4, -0.2) is 99.6 Å². The monoisotopic (exact) mass is 1040 g/mol. The van der Waals surface area contributed by atoms with Gasteiger partial charge in [-0.1, -0.05) is 263 Å². The molecule has 0 bridgehead atoms. The Morgan fingerprint density at radius 1 is 0.521 bits per heavy atom. The third-order valence-corrected chi connectivity index (χ3v) is 14.9. The Labute approximate surface area is 448 Å². The Kier molecular flexibility index (Phi) is 48.2. The van der Waals surface area contributed by atoms with Crippen LogP contribution < -0.4 is 5.32 Å². The lowest BCUT2D eigenvalue weighted by Gasteiger charge is -2.41. The third kappa shape index (κ3) is 39.2. The van der Waals surface area contributed by atoms with Gasteiger partial charge in [-0.15, -0.1) is 0 Å². The zero-order valence-corrected chi connectivity index (χ0v) is 47.5. The molecule has 11 nitrogen and oxygen atoms in total. The predicted molar refractivity (Wildman–Crippen MR) is 301 cm³/mol. The summed E-state index contributed by atoms with van der Waals surface area (Å²) < 4.78 is 17.6. The summed E-state index contributed by atoms with van der Waals surface area (Å²) in [6.45, 7) is 5.79. The van der Waals surface area contributed by atoms with Crippen molar-refractivity contribution in [3.05, 3.63) is 24.3 Å². The Bertz CT molecular complexity index is 1280. The van der Waals surface area contributed by atoms with Crippen LogP contribution in [0.25, 0.3) is 0 Å². The van der Waals surface area contributed by atoms with Crippen LogP contribution in [0.2, 0.25) is 0 Å². The number of nitrogens with one attached hydrogen (secondary N) is 1. The Morgan fingerprint density at radius 3 is 1.33 bits per heavy atom. The first-order chi connectivity index (χ1) is 35.7. The minimum atomic E-state index is -1.61. The lowest BCUT2D eigenvalue weighted by molar-refractivity contribution is -0.305. The van der Waals surface area contributed by atoms with Crippen LogP contribution in [0.1, 0.15) is 297 Å². The molecule has 11 heteroatoms. The maximum atomic E-state index is 13.4. The molecule has 73 heavy (non-hydrogen) atoms. The standard InChI is InChI=1S/C62H117NO10/c1-4-7-10-13-16-19-22-24-25-26-27-28-29-30-32-34-37-40-43-46-49-55(66)61(70)63-53(54(65)48-45-42-39-36-33-21-18-15-12-9-6-3)52-71-62-60(59(69)58(68)56(51-64)72-62)73-57(67)50-47-44-41-38-35-31-23-20-17-14-11-8-5-2/h31,35,45,48,53-56,58-60,62,64-66,68-69H,4-30,32-34,36-44,46-47,49-52H2,1-3H3,(H,63,70)/b35-31-,48-45+. The van der Waals surface area contributed by atoms with Gasteiger partial charge in [-0.25, -0.2) is 0 Å². The molecular formula is C62H117NO10. The molecule has 0 saturated carbocycles. The molecule has 1 rings (SSSR count). The van der Waals surface area contributed by atoms with Crippen LogP contribution in [0.15, 0.2) is 24.3 Å². The van der Waals surface area contributed by atoms with Gasteiger partial charge in [0, 0.05) is 6.42 Å². The number of hydrogen-bond acceptors (Lipinski definition) is 10. The topological polar surface area (TPSA) is 175 Å². The van der Waals surface area contributed by atoms with E-state index in [1.165, 1.54) is 186 Å². The second kappa shape index (κ2) is 50.9. The maximum Gasteiger partial charge on any atom is 0.306 e. The van der Waals surface area contributed by atoms with Gasteiger partial charge in [0.2, 0.25) is 5.91 Å². The molecule has 6 N–H and O–H groups in total. The highest BCUT2D eigenvalue weighted by atomic mass is 16.7. The van der Waals surface area contributed by atoms with Crippen molar-refractivity contribution >= 4 is 11.9 Å². The van der Waals surface area contributed by atoms with Crippen molar-refractivity contribution in [3.63, 3.8) is 0 Å². The average molecular weight is 1040 g/mol. The van der Waals surface area contributed by atoms with Gasteiger partial charge in [0.15, 0.2) is 12.4 Å². The number of unbranched alkanes of at least 4 members (excludes halogenated alkanes) is 37. The highest BCUT2D eigenvalue weighted by Gasteiger charge is 2.47. The minimum absolute atomic E-state index is 0.107. The number of amides is 1. The molecule has 0 aromatic heterocycles. The normalized spacial score (nSPS) is 19.5. The van der Waals surface area contributed by atoms with Gasteiger partial charge < -0.3 is 45.1 Å². The molecule has 1 heterocycles. The van der Waals surface area contributed by atoms with E-state index in [1.54, 1.807) is 6.08 Å². The van der Waals surface area contributed by atoms with Gasteiger partial charge in [-0.2, -0.15) is 0 Å². The molecule has 0 aromatic rings. The molecular weight excluding hydrogens is 919 g/mol. The third-order valence-electron chi connectivity index (χ3n) is 14.9. The summed E-state index contributed by atoms with van der Waals surface area (Å²) in [5.74, 6) is -1.20. The summed E-state index contributed by atoms with van der Waals surface area (Å²) in [6, 6.07) is -1.02. The van der Waals surface area contributed by atoms with E-state index in [9.17, 15) is 35.1 Å². The van der Waals surface area contributed by atoms with Crippen LogP contribution in [0.4, 0.5) is 0 Å². The van der Waals surface area contributed by atoms with Crippen molar-refractivity contribution in [1.29, 1.82) is 0 Å². The van der Waals surface area contributed by atoms with E-state index in [0.717, 1.165) is 64.2 Å². The second-order valence-electron chi connectivity index (χ2n) is 21.8. The van der Waals surface area contributed by atoms with E-state index >= 15 is 0 Å². The highest BCUT2D eigenvalue weighted by Crippen LogP contribution is 2.26. The van der Waals surface area contributed by atoms with E-state index < -0.39 is 67.4 Å². The summed E-state index contributed by atoms with van der Waals surface area (Å²) >= 11 is 0. The van der Waals surface area contributed by atoms with E-state index in [4.69, 9.17) is 14.2 Å². The number of ether oxygens (including phenoxy) is 3. The summed E-state index contributed by atoms with van der Waals surface area (Å²) in [5, 5.41) is 56.9. The van der Waals surface area contributed by atoms with Crippen molar-refractivity contribution in [1.82, 2.24) is 5.32 Å².